The van der Waals surface area contributed by atoms with Gasteiger partial charge in [-0.2, -0.15) is 11.8 Å². The molecule has 2 unspecified atom stereocenters. The molecule has 0 saturated carbocycles. The smallest absolute Gasteiger partial charge is 0.0974 e. The molecule has 2 fully saturated rings. The monoisotopic (exact) mass is 235 g/mol. The molecule has 3 rings (SSSR count). The Morgan fingerprint density at radius 2 is 2.19 bits per heavy atom. The molecule has 0 radical (unpaired) electrons. The van der Waals surface area contributed by atoms with E-state index >= 15 is 0 Å². The van der Waals surface area contributed by atoms with Crippen LogP contribution >= 0.6 is 11.8 Å². The molecule has 86 valence electrons. The molecule has 2 nitrogen and oxygen atoms in total. The SMILES string of the molecule is c1ccc(C2NCCOC23CCSC3)cc1. The molecule has 0 bridgehead atoms. The first kappa shape index (κ1) is 10.6. The molecule has 0 aliphatic carbocycles. The molecule has 2 aliphatic rings. The van der Waals surface area contributed by atoms with Gasteiger partial charge in [0.05, 0.1) is 18.2 Å². The second kappa shape index (κ2) is 4.40. The number of hydrogen-bond donors (Lipinski definition) is 1. The van der Waals surface area contributed by atoms with Crippen LogP contribution in [-0.2, 0) is 4.74 Å². The van der Waals surface area contributed by atoms with Gasteiger partial charge in [-0.05, 0) is 17.7 Å². The normalized spacial score (nSPS) is 34.4. The number of thioether (sulfide) groups is 1. The fourth-order valence-electron chi connectivity index (χ4n) is 2.70. The third kappa shape index (κ3) is 1.77. The van der Waals surface area contributed by atoms with Gasteiger partial charge in [-0.1, -0.05) is 30.3 Å². The van der Waals surface area contributed by atoms with E-state index < -0.39 is 0 Å². The summed E-state index contributed by atoms with van der Waals surface area (Å²) in [4.78, 5) is 0. The number of hydrogen-bond acceptors (Lipinski definition) is 3. The summed E-state index contributed by atoms with van der Waals surface area (Å²) < 4.78 is 6.11. The predicted molar refractivity (Wildman–Crippen MR) is 67.8 cm³/mol. The molecule has 2 atom stereocenters. The number of morpholine rings is 1. The third-order valence-electron chi connectivity index (χ3n) is 3.52. The summed E-state index contributed by atoms with van der Waals surface area (Å²) in [7, 11) is 0. The van der Waals surface area contributed by atoms with Crippen LogP contribution < -0.4 is 5.32 Å². The maximum Gasteiger partial charge on any atom is 0.0974 e. The van der Waals surface area contributed by atoms with Crippen LogP contribution in [0.15, 0.2) is 30.3 Å². The van der Waals surface area contributed by atoms with E-state index in [4.69, 9.17) is 4.74 Å². The molecule has 16 heavy (non-hydrogen) atoms. The van der Waals surface area contributed by atoms with Crippen LogP contribution in [0, 0.1) is 0 Å². The van der Waals surface area contributed by atoms with E-state index in [1.165, 1.54) is 17.7 Å². The zero-order valence-corrected chi connectivity index (χ0v) is 10.1. The van der Waals surface area contributed by atoms with Crippen LogP contribution in [0.3, 0.4) is 0 Å². The highest BCUT2D eigenvalue weighted by Gasteiger charge is 2.45. The molecular formula is C13H17NOS. The minimum Gasteiger partial charge on any atom is -0.371 e. The van der Waals surface area contributed by atoms with Crippen molar-refractivity contribution in [3.8, 4) is 0 Å². The van der Waals surface area contributed by atoms with Crippen LogP contribution in [-0.4, -0.2) is 30.3 Å². The first-order valence-corrected chi connectivity index (χ1v) is 7.06. The van der Waals surface area contributed by atoms with Crippen molar-refractivity contribution in [1.82, 2.24) is 5.32 Å². The second-order valence-corrected chi connectivity index (χ2v) is 5.62. The molecule has 0 amide bonds. The van der Waals surface area contributed by atoms with Crippen LogP contribution in [0.1, 0.15) is 18.0 Å². The van der Waals surface area contributed by atoms with Gasteiger partial charge in [0.15, 0.2) is 0 Å². The van der Waals surface area contributed by atoms with Crippen LogP contribution in [0.5, 0.6) is 0 Å². The topological polar surface area (TPSA) is 21.3 Å². The average molecular weight is 235 g/mol. The first-order valence-electron chi connectivity index (χ1n) is 5.91. The van der Waals surface area contributed by atoms with Crippen LogP contribution in [0.4, 0.5) is 0 Å². The highest BCUT2D eigenvalue weighted by Crippen LogP contribution is 2.42. The average Bonchev–Trinajstić information content (AvgIpc) is 2.80. The van der Waals surface area contributed by atoms with Gasteiger partial charge in [-0.15, -0.1) is 0 Å². The molecule has 1 aromatic rings. The van der Waals surface area contributed by atoms with Crippen molar-refractivity contribution >= 4 is 11.8 Å². The molecule has 0 aromatic heterocycles. The van der Waals surface area contributed by atoms with E-state index in [1.54, 1.807) is 0 Å². The fourth-order valence-corrected chi connectivity index (χ4v) is 4.07. The Hall–Kier alpha value is -0.510. The summed E-state index contributed by atoms with van der Waals surface area (Å²) in [5.74, 6) is 2.35. The van der Waals surface area contributed by atoms with E-state index in [0.29, 0.717) is 6.04 Å². The highest BCUT2D eigenvalue weighted by atomic mass is 32.2. The Kier molecular flexibility index (Phi) is 2.92. The minimum atomic E-state index is 0.0459. The molecule has 1 spiro atoms. The van der Waals surface area contributed by atoms with Gasteiger partial charge in [-0.3, -0.25) is 0 Å². The number of nitrogens with one attached hydrogen (secondary N) is 1. The lowest BCUT2D eigenvalue weighted by Crippen LogP contribution is -2.52. The fraction of sp³-hybridized carbons (Fsp3) is 0.538. The Morgan fingerprint density at radius 3 is 2.94 bits per heavy atom. The van der Waals surface area contributed by atoms with Crippen molar-refractivity contribution < 1.29 is 4.74 Å². The lowest BCUT2D eigenvalue weighted by molar-refractivity contribution is -0.0796. The lowest BCUT2D eigenvalue weighted by atomic mass is 9.86. The summed E-state index contributed by atoms with van der Waals surface area (Å²) in [5, 5.41) is 3.63. The molecule has 1 aromatic carbocycles. The van der Waals surface area contributed by atoms with E-state index in [-0.39, 0.29) is 5.60 Å². The summed E-state index contributed by atoms with van der Waals surface area (Å²) in [6.07, 6.45) is 1.17. The van der Waals surface area contributed by atoms with Crippen molar-refractivity contribution in [3.63, 3.8) is 0 Å². The van der Waals surface area contributed by atoms with Crippen LogP contribution in [0.2, 0.25) is 0 Å². The maximum atomic E-state index is 6.11. The van der Waals surface area contributed by atoms with E-state index in [0.717, 1.165) is 18.9 Å². The van der Waals surface area contributed by atoms with E-state index in [9.17, 15) is 0 Å². The zero-order chi connectivity index (χ0) is 10.8. The van der Waals surface area contributed by atoms with Gasteiger partial charge < -0.3 is 10.1 Å². The van der Waals surface area contributed by atoms with Crippen molar-refractivity contribution in [2.75, 3.05) is 24.7 Å². The Morgan fingerprint density at radius 1 is 1.31 bits per heavy atom. The standard InChI is InChI=1S/C13H17NOS/c1-2-4-11(5-3-1)12-13(6-9-16-10-13)15-8-7-14-12/h1-5,12,14H,6-10H2. The third-order valence-corrected chi connectivity index (χ3v) is 4.70. The highest BCUT2D eigenvalue weighted by molar-refractivity contribution is 7.99. The second-order valence-electron chi connectivity index (χ2n) is 4.51. The van der Waals surface area contributed by atoms with Crippen molar-refractivity contribution in [3.05, 3.63) is 35.9 Å². The summed E-state index contributed by atoms with van der Waals surface area (Å²) >= 11 is 2.01. The maximum absolute atomic E-state index is 6.11. The van der Waals surface area contributed by atoms with Crippen molar-refractivity contribution in [2.24, 2.45) is 0 Å². The number of ether oxygens (including phenoxy) is 1. The molecular weight excluding hydrogens is 218 g/mol. The quantitative estimate of drug-likeness (QED) is 0.806. The number of rotatable bonds is 1. The van der Waals surface area contributed by atoms with Gasteiger partial charge in [0.1, 0.15) is 0 Å². The van der Waals surface area contributed by atoms with Crippen LogP contribution in [0.25, 0.3) is 0 Å². The van der Waals surface area contributed by atoms with E-state index in [1.807, 2.05) is 11.8 Å². The van der Waals surface area contributed by atoms with Crippen molar-refractivity contribution in [2.45, 2.75) is 18.1 Å². The Bertz CT molecular complexity index is 348. The van der Waals surface area contributed by atoms with Crippen molar-refractivity contribution in [1.29, 1.82) is 0 Å². The summed E-state index contributed by atoms with van der Waals surface area (Å²) in [6.45, 7) is 1.82. The Labute approximate surface area is 101 Å². The molecule has 2 heterocycles. The molecule has 2 saturated heterocycles. The molecule has 2 aliphatic heterocycles. The zero-order valence-electron chi connectivity index (χ0n) is 9.32. The summed E-state index contributed by atoms with van der Waals surface area (Å²) in [5.41, 5.74) is 1.41. The largest absolute Gasteiger partial charge is 0.371 e. The lowest BCUT2D eigenvalue weighted by Gasteiger charge is -2.41. The minimum absolute atomic E-state index is 0.0459. The molecule has 3 heteroatoms. The predicted octanol–water partition coefficient (Wildman–Crippen LogP) is 2.22. The molecule has 1 N–H and O–H groups in total. The van der Waals surface area contributed by atoms with Gasteiger partial charge in [-0.25, -0.2) is 0 Å². The van der Waals surface area contributed by atoms with Gasteiger partial charge in [0, 0.05) is 12.3 Å². The Balaban J connectivity index is 1.91. The van der Waals surface area contributed by atoms with E-state index in [2.05, 4.69) is 35.6 Å². The van der Waals surface area contributed by atoms with Gasteiger partial charge in [0.25, 0.3) is 0 Å². The first-order chi connectivity index (χ1) is 7.91. The van der Waals surface area contributed by atoms with Gasteiger partial charge >= 0.3 is 0 Å². The number of benzene rings is 1. The summed E-state index contributed by atoms with van der Waals surface area (Å²) in [6, 6.07) is 11.1. The van der Waals surface area contributed by atoms with Gasteiger partial charge in [0.2, 0.25) is 0 Å².